The molecule has 0 aliphatic carbocycles. The molecule has 1 aliphatic heterocycles. The predicted molar refractivity (Wildman–Crippen MR) is 103 cm³/mol. The molecule has 1 fully saturated rings. The zero-order valence-electron chi connectivity index (χ0n) is 16.2. The first-order chi connectivity index (χ1) is 13.2. The molecule has 150 valence electrons. The Hall–Kier alpha value is -2.31. The molecule has 0 unspecified atom stereocenters. The lowest BCUT2D eigenvalue weighted by Gasteiger charge is -2.40. The third-order valence-electron chi connectivity index (χ3n) is 5.38. The van der Waals surface area contributed by atoms with Gasteiger partial charge in [0.25, 0.3) is 5.91 Å². The summed E-state index contributed by atoms with van der Waals surface area (Å²) < 4.78 is 26.6. The van der Waals surface area contributed by atoms with Gasteiger partial charge in [-0.1, -0.05) is 36.4 Å². The lowest BCUT2D eigenvalue weighted by atomic mass is 9.88. The number of aliphatic hydroxyl groups is 1. The van der Waals surface area contributed by atoms with Gasteiger partial charge in [-0.2, -0.15) is 0 Å². The highest BCUT2D eigenvalue weighted by molar-refractivity contribution is 5.86. The van der Waals surface area contributed by atoms with Crippen LogP contribution >= 0.6 is 0 Å². The largest absolute Gasteiger partial charge is 0.379 e. The average Bonchev–Trinajstić information content (AvgIpc) is 2.68. The fourth-order valence-electron chi connectivity index (χ4n) is 3.56. The van der Waals surface area contributed by atoms with Crippen LogP contribution in [-0.4, -0.2) is 34.6 Å². The summed E-state index contributed by atoms with van der Waals surface area (Å²) >= 11 is 0. The summed E-state index contributed by atoms with van der Waals surface area (Å²) in [6, 6.07) is 13.4. The second-order valence-electron chi connectivity index (χ2n) is 7.95. The van der Waals surface area contributed by atoms with Crippen molar-refractivity contribution in [2.45, 2.75) is 44.4 Å². The molecular formula is C22H26F2N2O2. The average molecular weight is 388 g/mol. The Labute approximate surface area is 164 Å². The van der Waals surface area contributed by atoms with E-state index >= 15 is 0 Å². The molecule has 1 heterocycles. The van der Waals surface area contributed by atoms with E-state index in [0.29, 0.717) is 24.9 Å². The number of amides is 1. The lowest BCUT2D eigenvalue weighted by Crippen LogP contribution is -2.59. The van der Waals surface area contributed by atoms with Crippen molar-refractivity contribution in [3.05, 3.63) is 71.3 Å². The Bertz CT molecular complexity index is 842. The molecule has 6 heteroatoms. The number of benzene rings is 2. The van der Waals surface area contributed by atoms with Crippen molar-refractivity contribution in [1.82, 2.24) is 10.2 Å². The van der Waals surface area contributed by atoms with E-state index in [1.165, 1.54) is 11.0 Å². The summed E-state index contributed by atoms with van der Waals surface area (Å²) in [7, 11) is 0. The maximum absolute atomic E-state index is 13.5. The Morgan fingerprint density at radius 1 is 1.14 bits per heavy atom. The maximum Gasteiger partial charge on any atom is 0.256 e. The molecule has 1 amide bonds. The Morgan fingerprint density at radius 2 is 1.86 bits per heavy atom. The molecular weight excluding hydrogens is 362 g/mol. The molecule has 0 radical (unpaired) electrons. The fraction of sp³-hybridized carbons (Fsp3) is 0.409. The SMILES string of the molecule is CC(C)(NC[C@@]1(O)CCCN(Cc2ccc(F)c(F)c2)C1=O)c1ccccc1. The van der Waals surface area contributed by atoms with Gasteiger partial charge in [-0.25, -0.2) is 8.78 Å². The maximum atomic E-state index is 13.5. The Kier molecular flexibility index (Phi) is 5.82. The van der Waals surface area contributed by atoms with Crippen molar-refractivity contribution in [3.8, 4) is 0 Å². The third-order valence-corrected chi connectivity index (χ3v) is 5.38. The second kappa shape index (κ2) is 7.97. The van der Waals surface area contributed by atoms with Crippen LogP contribution in [0.1, 0.15) is 37.8 Å². The van der Waals surface area contributed by atoms with Crippen molar-refractivity contribution in [3.63, 3.8) is 0 Å². The molecule has 2 N–H and O–H groups in total. The molecule has 0 spiro atoms. The van der Waals surface area contributed by atoms with E-state index in [1.54, 1.807) is 0 Å². The molecule has 0 saturated carbocycles. The lowest BCUT2D eigenvalue weighted by molar-refractivity contribution is -0.157. The van der Waals surface area contributed by atoms with Crippen LogP contribution in [0.3, 0.4) is 0 Å². The van der Waals surface area contributed by atoms with Gasteiger partial charge >= 0.3 is 0 Å². The molecule has 3 rings (SSSR count). The van der Waals surface area contributed by atoms with Crippen molar-refractivity contribution in [2.75, 3.05) is 13.1 Å². The molecule has 1 saturated heterocycles. The number of nitrogens with one attached hydrogen (secondary N) is 1. The molecule has 0 aromatic heterocycles. The second-order valence-corrected chi connectivity index (χ2v) is 7.95. The van der Waals surface area contributed by atoms with Gasteiger partial charge in [-0.15, -0.1) is 0 Å². The van der Waals surface area contributed by atoms with Crippen LogP contribution in [-0.2, 0) is 16.9 Å². The molecule has 4 nitrogen and oxygen atoms in total. The molecule has 28 heavy (non-hydrogen) atoms. The molecule has 1 atom stereocenters. The summed E-state index contributed by atoms with van der Waals surface area (Å²) in [6.07, 6.45) is 0.997. The Balaban J connectivity index is 1.69. The summed E-state index contributed by atoms with van der Waals surface area (Å²) in [5, 5.41) is 14.3. The molecule has 1 aliphatic rings. The van der Waals surface area contributed by atoms with Gasteiger partial charge in [0.15, 0.2) is 17.2 Å². The van der Waals surface area contributed by atoms with Crippen molar-refractivity contribution >= 4 is 5.91 Å². The van der Waals surface area contributed by atoms with Crippen molar-refractivity contribution in [1.29, 1.82) is 0 Å². The number of carbonyl (C=O) groups is 1. The number of rotatable bonds is 6. The minimum atomic E-state index is -1.52. The zero-order valence-corrected chi connectivity index (χ0v) is 16.2. The van der Waals surface area contributed by atoms with Crippen LogP contribution in [0.2, 0.25) is 0 Å². The van der Waals surface area contributed by atoms with Gasteiger partial charge in [0.2, 0.25) is 0 Å². The van der Waals surface area contributed by atoms with Gasteiger partial charge in [-0.3, -0.25) is 4.79 Å². The summed E-state index contributed by atoms with van der Waals surface area (Å²) in [5.41, 5.74) is -0.391. The fourth-order valence-corrected chi connectivity index (χ4v) is 3.56. The predicted octanol–water partition coefficient (Wildman–Crippen LogP) is 3.34. The van der Waals surface area contributed by atoms with E-state index in [4.69, 9.17) is 0 Å². The van der Waals surface area contributed by atoms with Gasteiger partial charge in [0.05, 0.1) is 0 Å². The van der Waals surface area contributed by atoms with E-state index in [-0.39, 0.29) is 19.0 Å². The number of nitrogens with zero attached hydrogens (tertiary/aromatic N) is 1. The van der Waals surface area contributed by atoms with E-state index in [0.717, 1.165) is 17.7 Å². The zero-order chi connectivity index (χ0) is 20.4. The van der Waals surface area contributed by atoms with Gasteiger partial charge in [-0.05, 0) is 49.9 Å². The summed E-state index contributed by atoms with van der Waals surface area (Å²) in [6.45, 7) is 4.72. The number of piperidine rings is 1. The van der Waals surface area contributed by atoms with E-state index < -0.39 is 22.8 Å². The highest BCUT2D eigenvalue weighted by Crippen LogP contribution is 2.27. The van der Waals surface area contributed by atoms with Gasteiger partial charge < -0.3 is 15.3 Å². The van der Waals surface area contributed by atoms with E-state index in [1.807, 2.05) is 44.2 Å². The topological polar surface area (TPSA) is 52.6 Å². The van der Waals surface area contributed by atoms with Crippen molar-refractivity contribution in [2.24, 2.45) is 0 Å². The number of likely N-dealkylation sites (tertiary alicyclic amines) is 1. The normalized spacial score (nSPS) is 20.5. The summed E-state index contributed by atoms with van der Waals surface area (Å²) in [4.78, 5) is 14.4. The number of halogens is 2. The van der Waals surface area contributed by atoms with Gasteiger partial charge in [0.1, 0.15) is 0 Å². The monoisotopic (exact) mass is 388 g/mol. The highest BCUT2D eigenvalue weighted by atomic mass is 19.2. The van der Waals surface area contributed by atoms with Crippen LogP contribution in [0.5, 0.6) is 0 Å². The molecule has 0 bridgehead atoms. The van der Waals surface area contributed by atoms with Crippen LogP contribution in [0.15, 0.2) is 48.5 Å². The molecule has 2 aromatic carbocycles. The number of carbonyl (C=O) groups excluding carboxylic acids is 1. The van der Waals surface area contributed by atoms with Crippen LogP contribution in [0, 0.1) is 11.6 Å². The minimum absolute atomic E-state index is 0.113. The third kappa shape index (κ3) is 4.39. The number of hydrogen-bond donors (Lipinski definition) is 2. The first-order valence-electron chi connectivity index (χ1n) is 9.47. The van der Waals surface area contributed by atoms with E-state index in [9.17, 15) is 18.7 Å². The minimum Gasteiger partial charge on any atom is -0.379 e. The number of hydrogen-bond acceptors (Lipinski definition) is 3. The first kappa shape index (κ1) is 20.4. The van der Waals surface area contributed by atoms with Crippen LogP contribution in [0.4, 0.5) is 8.78 Å². The smallest absolute Gasteiger partial charge is 0.256 e. The highest BCUT2D eigenvalue weighted by Gasteiger charge is 2.43. The summed E-state index contributed by atoms with van der Waals surface area (Å²) in [5.74, 6) is -2.25. The van der Waals surface area contributed by atoms with Gasteiger partial charge in [0, 0.05) is 25.2 Å². The Morgan fingerprint density at radius 3 is 2.54 bits per heavy atom. The quantitative estimate of drug-likeness (QED) is 0.798. The molecule has 2 aromatic rings. The standard InChI is InChI=1S/C22H26F2N2O2/c1-21(2,17-7-4-3-5-8-17)25-15-22(28)11-6-12-26(20(22)27)14-16-9-10-18(23)19(24)13-16/h3-5,7-10,13,25,28H,6,11-12,14-15H2,1-2H3/t22-/m0/s1. The van der Waals surface area contributed by atoms with Crippen molar-refractivity contribution < 1.29 is 18.7 Å². The van der Waals surface area contributed by atoms with E-state index in [2.05, 4.69) is 5.32 Å². The van der Waals surface area contributed by atoms with Crippen LogP contribution < -0.4 is 5.32 Å². The first-order valence-corrected chi connectivity index (χ1v) is 9.47. The van der Waals surface area contributed by atoms with Crippen LogP contribution in [0.25, 0.3) is 0 Å².